The van der Waals surface area contributed by atoms with E-state index in [9.17, 15) is 0 Å². The molecule has 0 amide bonds. The highest BCUT2D eigenvalue weighted by atomic mass is 32.1. The van der Waals surface area contributed by atoms with Crippen molar-refractivity contribution in [2.75, 3.05) is 0 Å². The van der Waals surface area contributed by atoms with Gasteiger partial charge in [-0.2, -0.15) is 0 Å². The van der Waals surface area contributed by atoms with Crippen LogP contribution in [0.5, 0.6) is 0 Å². The van der Waals surface area contributed by atoms with Gasteiger partial charge in [-0.25, -0.2) is 9.98 Å². The molecule has 9 aromatic carbocycles. The maximum absolute atomic E-state index is 5.45. The minimum absolute atomic E-state index is 0.351. The van der Waals surface area contributed by atoms with Crippen molar-refractivity contribution in [1.82, 2.24) is 14.5 Å². The number of benzene rings is 9. The number of hydrogen-bond donors (Lipinski definition) is 1. The van der Waals surface area contributed by atoms with Crippen LogP contribution in [0.1, 0.15) is 22.9 Å². The molecule has 0 saturated carbocycles. The lowest BCUT2D eigenvalue weighted by atomic mass is 10.0. The number of aromatic nitrogens is 2. The normalized spacial score (nSPS) is 14.2. The van der Waals surface area contributed by atoms with Crippen molar-refractivity contribution in [3.05, 3.63) is 229 Å². The Balaban J connectivity index is 1.02. The van der Waals surface area contributed by atoms with Crippen LogP contribution in [0.25, 0.3) is 86.3 Å². The second-order valence-corrected chi connectivity index (χ2v) is 17.3. The zero-order valence-electron chi connectivity index (χ0n) is 34.0. The van der Waals surface area contributed by atoms with Crippen LogP contribution in [0.3, 0.4) is 0 Å². The van der Waals surface area contributed by atoms with Crippen molar-refractivity contribution in [3.8, 4) is 22.5 Å². The Morgan fingerprint density at radius 1 is 0.413 bits per heavy atom. The molecule has 1 atom stereocenters. The van der Waals surface area contributed by atoms with Gasteiger partial charge in [0, 0.05) is 58.5 Å². The lowest BCUT2D eigenvalue weighted by Gasteiger charge is -2.25. The zero-order chi connectivity index (χ0) is 41.4. The zero-order valence-corrected chi connectivity index (χ0v) is 34.8. The van der Waals surface area contributed by atoms with Gasteiger partial charge in [-0.15, -0.1) is 11.3 Å². The van der Waals surface area contributed by atoms with E-state index in [2.05, 4.69) is 221 Å². The van der Waals surface area contributed by atoms with Gasteiger partial charge in [0.2, 0.25) is 0 Å². The highest BCUT2D eigenvalue weighted by Crippen LogP contribution is 2.40. The predicted octanol–water partition coefficient (Wildman–Crippen LogP) is 14.4. The third-order valence-electron chi connectivity index (χ3n) is 12.6. The number of aliphatic imine (C=N–C) groups is 2. The van der Waals surface area contributed by atoms with Crippen LogP contribution in [0.4, 0.5) is 0 Å². The molecule has 3 aromatic heterocycles. The van der Waals surface area contributed by atoms with E-state index in [1.807, 2.05) is 17.4 Å². The molecular weight excluding hydrogens is 787 g/mol. The monoisotopic (exact) mass is 823 g/mol. The smallest absolute Gasteiger partial charge is 0.161 e. The average Bonchev–Trinajstić information content (AvgIpc) is 4.01. The predicted molar refractivity (Wildman–Crippen MR) is 265 cm³/mol. The first kappa shape index (κ1) is 35.7. The van der Waals surface area contributed by atoms with E-state index in [4.69, 9.17) is 9.98 Å². The molecule has 0 spiro atoms. The summed E-state index contributed by atoms with van der Waals surface area (Å²) in [6.07, 6.45) is -0.351. The lowest BCUT2D eigenvalue weighted by Crippen LogP contribution is -2.33. The second kappa shape index (κ2) is 14.3. The van der Waals surface area contributed by atoms with Crippen molar-refractivity contribution in [2.24, 2.45) is 9.98 Å². The minimum Gasteiger partial charge on any atom is -0.344 e. The summed E-state index contributed by atoms with van der Waals surface area (Å²) in [5.74, 6) is 1.48. The summed E-state index contributed by atoms with van der Waals surface area (Å²) in [5, 5.41) is 11.1. The summed E-state index contributed by atoms with van der Waals surface area (Å²) < 4.78 is 7.37. The van der Waals surface area contributed by atoms with Gasteiger partial charge in [0.15, 0.2) is 5.84 Å². The minimum atomic E-state index is -0.351. The molecule has 296 valence electrons. The number of nitrogens with zero attached hydrogens (tertiary/aromatic N) is 4. The van der Waals surface area contributed by atoms with Gasteiger partial charge in [0.25, 0.3) is 0 Å². The Morgan fingerprint density at radius 2 is 1.00 bits per heavy atom. The third-order valence-corrected chi connectivity index (χ3v) is 13.7. The van der Waals surface area contributed by atoms with Gasteiger partial charge < -0.3 is 14.5 Å². The van der Waals surface area contributed by atoms with Crippen LogP contribution >= 0.6 is 11.3 Å². The van der Waals surface area contributed by atoms with Crippen molar-refractivity contribution in [3.63, 3.8) is 0 Å². The Kier molecular flexibility index (Phi) is 8.08. The number of para-hydroxylation sites is 3. The van der Waals surface area contributed by atoms with Crippen molar-refractivity contribution in [1.29, 1.82) is 0 Å². The number of amidine groups is 2. The van der Waals surface area contributed by atoms with Crippen LogP contribution in [0.2, 0.25) is 0 Å². The number of nitrogens with one attached hydrogen (secondary N) is 1. The molecule has 6 heteroatoms. The summed E-state index contributed by atoms with van der Waals surface area (Å²) in [4.78, 5) is 10.8. The largest absolute Gasteiger partial charge is 0.344 e. The molecule has 0 fully saturated rings. The topological polar surface area (TPSA) is 46.6 Å². The first-order chi connectivity index (χ1) is 31.2. The number of fused-ring (bicyclic) bond motifs is 9. The van der Waals surface area contributed by atoms with E-state index >= 15 is 0 Å². The van der Waals surface area contributed by atoms with Gasteiger partial charge >= 0.3 is 0 Å². The maximum Gasteiger partial charge on any atom is 0.161 e. The molecule has 1 unspecified atom stereocenters. The highest BCUT2D eigenvalue weighted by molar-refractivity contribution is 7.25. The van der Waals surface area contributed by atoms with E-state index in [0.29, 0.717) is 5.84 Å². The Morgan fingerprint density at radius 3 is 1.79 bits per heavy atom. The SMILES string of the molecule is c1ccc(C2=NC(c3ccccc3-n3c4ccccc4c4ccc(-n5c6ccccc6c6ccc(-c7ccccc7)cc65)cc43)=NC(c3ccc4c(c3)sc3ccccc34)N2)cc1. The van der Waals surface area contributed by atoms with Crippen LogP contribution in [-0.4, -0.2) is 20.8 Å². The van der Waals surface area contributed by atoms with Gasteiger partial charge in [-0.3, -0.25) is 0 Å². The van der Waals surface area contributed by atoms with E-state index in [1.165, 1.54) is 63.9 Å². The standard InChI is InChI=1S/C57H37N5S/c1-3-15-36(16-4-1)38-27-30-43-41-19-7-11-23-48(41)61(51(43)33-38)40-29-32-44-42-20-8-12-24-49(42)62(52(44)35-40)50-25-13-9-22-47(50)57-59-55(37-17-5-2-6-18-37)58-56(60-57)39-28-31-46-45-21-10-14-26-53(45)63-54(46)34-39/h1-35,56H,(H,58,59,60). The summed E-state index contributed by atoms with van der Waals surface area (Å²) in [6.45, 7) is 0. The Hall–Kier alpha value is -8.06. The van der Waals surface area contributed by atoms with E-state index in [1.54, 1.807) is 0 Å². The average molecular weight is 824 g/mol. The Labute approximate surface area is 367 Å². The van der Waals surface area contributed by atoms with E-state index in [0.717, 1.165) is 44.9 Å². The fraction of sp³-hybridized carbons (Fsp3) is 0.0175. The number of thiophene rings is 1. The van der Waals surface area contributed by atoms with Crippen LogP contribution in [-0.2, 0) is 0 Å². The molecule has 0 bridgehead atoms. The molecule has 63 heavy (non-hydrogen) atoms. The number of hydrogen-bond acceptors (Lipinski definition) is 4. The lowest BCUT2D eigenvalue weighted by molar-refractivity contribution is 0.675. The molecule has 1 aliphatic heterocycles. The van der Waals surface area contributed by atoms with Crippen LogP contribution in [0.15, 0.2) is 222 Å². The van der Waals surface area contributed by atoms with Gasteiger partial charge in [0.1, 0.15) is 12.0 Å². The first-order valence-electron chi connectivity index (χ1n) is 21.4. The van der Waals surface area contributed by atoms with Crippen molar-refractivity contribution >= 4 is 86.8 Å². The van der Waals surface area contributed by atoms with E-state index < -0.39 is 0 Å². The molecule has 1 aliphatic rings. The second-order valence-electron chi connectivity index (χ2n) is 16.2. The molecule has 0 saturated heterocycles. The molecular formula is C57H37N5S. The molecule has 5 nitrogen and oxygen atoms in total. The fourth-order valence-corrected chi connectivity index (χ4v) is 10.8. The van der Waals surface area contributed by atoms with Gasteiger partial charge in [-0.05, 0) is 71.3 Å². The molecule has 4 heterocycles. The quantitative estimate of drug-likeness (QED) is 0.178. The van der Waals surface area contributed by atoms with Gasteiger partial charge in [-0.1, -0.05) is 158 Å². The van der Waals surface area contributed by atoms with E-state index in [-0.39, 0.29) is 6.17 Å². The van der Waals surface area contributed by atoms with Crippen molar-refractivity contribution in [2.45, 2.75) is 6.17 Å². The van der Waals surface area contributed by atoms with Crippen LogP contribution in [0, 0.1) is 0 Å². The number of rotatable bonds is 6. The highest BCUT2D eigenvalue weighted by Gasteiger charge is 2.25. The van der Waals surface area contributed by atoms with Crippen molar-refractivity contribution < 1.29 is 0 Å². The molecule has 0 radical (unpaired) electrons. The molecule has 12 aromatic rings. The summed E-state index contributed by atoms with van der Waals surface area (Å²) in [7, 11) is 0. The van der Waals surface area contributed by atoms with Crippen LogP contribution < -0.4 is 5.32 Å². The summed E-state index contributed by atoms with van der Waals surface area (Å²) in [6, 6.07) is 76.3. The van der Waals surface area contributed by atoms with Gasteiger partial charge in [0.05, 0.1) is 27.8 Å². The summed E-state index contributed by atoms with van der Waals surface area (Å²) in [5.41, 5.74) is 12.1. The Bertz CT molecular complexity index is 3830. The first-order valence-corrected chi connectivity index (χ1v) is 22.2. The fourth-order valence-electron chi connectivity index (χ4n) is 9.67. The molecule has 13 rings (SSSR count). The summed E-state index contributed by atoms with van der Waals surface area (Å²) >= 11 is 1.83. The molecule has 1 N–H and O–H groups in total. The maximum atomic E-state index is 5.45. The molecule has 0 aliphatic carbocycles. The third kappa shape index (κ3) is 5.76.